The summed E-state index contributed by atoms with van der Waals surface area (Å²) in [7, 11) is 4.91. The van der Waals surface area contributed by atoms with Crippen molar-refractivity contribution in [2.24, 2.45) is 0 Å². The van der Waals surface area contributed by atoms with Crippen LogP contribution >= 0.6 is 0 Å². The molecule has 1 atom stereocenters. The first kappa shape index (κ1) is 18.9. The fourth-order valence-corrected chi connectivity index (χ4v) is 3.55. The third-order valence-electron chi connectivity index (χ3n) is 4.86. The highest BCUT2D eigenvalue weighted by molar-refractivity contribution is 5.76. The molecule has 0 spiro atoms. The van der Waals surface area contributed by atoms with E-state index in [2.05, 4.69) is 11.4 Å². The number of amides is 2. The van der Waals surface area contributed by atoms with Crippen LogP contribution in [0.15, 0.2) is 36.4 Å². The second-order valence-corrected chi connectivity index (χ2v) is 6.39. The van der Waals surface area contributed by atoms with E-state index in [1.54, 1.807) is 21.3 Å². The second-order valence-electron chi connectivity index (χ2n) is 6.39. The summed E-state index contributed by atoms with van der Waals surface area (Å²) >= 11 is 0. The summed E-state index contributed by atoms with van der Waals surface area (Å²) in [6.07, 6.45) is 0.779. The number of nitrogens with zero attached hydrogens (tertiary/aromatic N) is 1. The third-order valence-corrected chi connectivity index (χ3v) is 4.86. The fraction of sp³-hybridized carbons (Fsp3) is 0.381. The number of rotatable bonds is 5. The van der Waals surface area contributed by atoms with Crippen LogP contribution < -0.4 is 19.5 Å². The molecule has 0 saturated heterocycles. The van der Waals surface area contributed by atoms with Crippen LogP contribution in [0.25, 0.3) is 0 Å². The van der Waals surface area contributed by atoms with Crippen molar-refractivity contribution in [1.82, 2.24) is 10.2 Å². The van der Waals surface area contributed by atoms with E-state index in [-0.39, 0.29) is 12.1 Å². The highest BCUT2D eigenvalue weighted by atomic mass is 16.5. The van der Waals surface area contributed by atoms with Crippen LogP contribution in [0.4, 0.5) is 4.79 Å². The van der Waals surface area contributed by atoms with Gasteiger partial charge in [-0.25, -0.2) is 4.79 Å². The second kappa shape index (κ2) is 8.20. The Morgan fingerprint density at radius 2 is 1.70 bits per heavy atom. The van der Waals surface area contributed by atoms with Gasteiger partial charge in [-0.3, -0.25) is 0 Å². The molecule has 27 heavy (non-hydrogen) atoms. The number of benzene rings is 2. The number of carbonyl (C=O) groups is 1. The van der Waals surface area contributed by atoms with Gasteiger partial charge in [0.15, 0.2) is 0 Å². The van der Waals surface area contributed by atoms with Gasteiger partial charge < -0.3 is 24.4 Å². The number of ether oxygens (including phenoxy) is 3. The van der Waals surface area contributed by atoms with E-state index in [0.29, 0.717) is 24.6 Å². The maximum atomic E-state index is 12.8. The van der Waals surface area contributed by atoms with Crippen molar-refractivity contribution in [1.29, 1.82) is 0 Å². The van der Waals surface area contributed by atoms with Crippen molar-refractivity contribution in [2.45, 2.75) is 19.4 Å². The first-order valence-electron chi connectivity index (χ1n) is 9.05. The molecule has 2 aromatic carbocycles. The topological polar surface area (TPSA) is 60.0 Å². The number of nitrogens with one attached hydrogen (secondary N) is 1. The van der Waals surface area contributed by atoms with Crippen molar-refractivity contribution < 1.29 is 19.0 Å². The minimum Gasteiger partial charge on any atom is -0.497 e. The molecule has 0 aliphatic carbocycles. The molecule has 0 fully saturated rings. The summed E-state index contributed by atoms with van der Waals surface area (Å²) in [5, 5.41) is 2.93. The first-order chi connectivity index (χ1) is 13.1. The van der Waals surface area contributed by atoms with E-state index >= 15 is 0 Å². The molecule has 3 rings (SSSR count). The van der Waals surface area contributed by atoms with Gasteiger partial charge in [0.05, 0.1) is 27.4 Å². The van der Waals surface area contributed by atoms with Crippen LogP contribution in [0.1, 0.15) is 29.7 Å². The van der Waals surface area contributed by atoms with Crippen LogP contribution in [0.2, 0.25) is 0 Å². The zero-order chi connectivity index (χ0) is 19.4. The average Bonchev–Trinajstić information content (AvgIpc) is 2.71. The van der Waals surface area contributed by atoms with Gasteiger partial charge in [-0.2, -0.15) is 0 Å². The van der Waals surface area contributed by atoms with E-state index < -0.39 is 0 Å². The van der Waals surface area contributed by atoms with Gasteiger partial charge in [0.25, 0.3) is 0 Å². The molecule has 6 nitrogen and oxygen atoms in total. The molecule has 0 bridgehead atoms. The smallest absolute Gasteiger partial charge is 0.318 e. The van der Waals surface area contributed by atoms with Crippen molar-refractivity contribution in [3.8, 4) is 17.2 Å². The van der Waals surface area contributed by atoms with Gasteiger partial charge in [0.2, 0.25) is 0 Å². The maximum Gasteiger partial charge on any atom is 0.318 e. The quantitative estimate of drug-likeness (QED) is 0.876. The number of methoxy groups -OCH3 is 3. The molecule has 0 aromatic heterocycles. The molecule has 1 aliphatic rings. The van der Waals surface area contributed by atoms with Gasteiger partial charge in [0, 0.05) is 19.2 Å². The van der Waals surface area contributed by atoms with Gasteiger partial charge in [-0.1, -0.05) is 6.07 Å². The summed E-state index contributed by atoms with van der Waals surface area (Å²) in [6, 6.07) is 11.5. The van der Waals surface area contributed by atoms with Crippen molar-refractivity contribution in [2.75, 3.05) is 34.4 Å². The van der Waals surface area contributed by atoms with Crippen LogP contribution in [-0.4, -0.2) is 45.3 Å². The van der Waals surface area contributed by atoms with Crippen LogP contribution in [0, 0.1) is 0 Å². The summed E-state index contributed by atoms with van der Waals surface area (Å²) in [5.74, 6) is 2.21. The van der Waals surface area contributed by atoms with Crippen molar-refractivity contribution >= 4 is 6.03 Å². The van der Waals surface area contributed by atoms with E-state index in [0.717, 1.165) is 23.3 Å². The third kappa shape index (κ3) is 3.79. The Kier molecular flexibility index (Phi) is 5.74. The van der Waals surface area contributed by atoms with Crippen LogP contribution in [0.5, 0.6) is 17.2 Å². The molecule has 1 N–H and O–H groups in total. The van der Waals surface area contributed by atoms with E-state index in [9.17, 15) is 4.79 Å². The molecule has 0 radical (unpaired) electrons. The predicted octanol–water partition coefficient (Wildman–Crippen LogP) is 3.39. The minimum atomic E-state index is -0.227. The summed E-state index contributed by atoms with van der Waals surface area (Å²) in [6.45, 7) is 3.12. The molecule has 2 amide bonds. The number of hydrogen-bond donors (Lipinski definition) is 1. The maximum absolute atomic E-state index is 12.8. The van der Waals surface area contributed by atoms with Gasteiger partial charge >= 0.3 is 6.03 Å². The molecule has 144 valence electrons. The van der Waals surface area contributed by atoms with Gasteiger partial charge in [-0.05, 0) is 54.3 Å². The summed E-state index contributed by atoms with van der Waals surface area (Å²) in [4.78, 5) is 14.6. The predicted molar refractivity (Wildman–Crippen MR) is 104 cm³/mol. The molecular weight excluding hydrogens is 344 g/mol. The van der Waals surface area contributed by atoms with E-state index in [4.69, 9.17) is 14.2 Å². The number of fused-ring (bicyclic) bond motifs is 1. The normalized spacial score (nSPS) is 15.7. The zero-order valence-electron chi connectivity index (χ0n) is 16.2. The largest absolute Gasteiger partial charge is 0.497 e. The van der Waals surface area contributed by atoms with Gasteiger partial charge in [0.1, 0.15) is 17.2 Å². The monoisotopic (exact) mass is 370 g/mol. The fourth-order valence-electron chi connectivity index (χ4n) is 3.55. The Labute approximate surface area is 160 Å². The van der Waals surface area contributed by atoms with Gasteiger partial charge in [-0.15, -0.1) is 0 Å². The molecule has 6 heteroatoms. The highest BCUT2D eigenvalue weighted by Gasteiger charge is 2.32. The first-order valence-corrected chi connectivity index (χ1v) is 9.05. The van der Waals surface area contributed by atoms with Crippen LogP contribution in [-0.2, 0) is 6.42 Å². The number of hydrogen-bond acceptors (Lipinski definition) is 4. The van der Waals surface area contributed by atoms with E-state index in [1.807, 2.05) is 42.2 Å². The summed E-state index contributed by atoms with van der Waals surface area (Å²) < 4.78 is 16.2. The van der Waals surface area contributed by atoms with E-state index in [1.165, 1.54) is 5.56 Å². The Balaban J connectivity index is 2.13. The molecule has 0 saturated carbocycles. The Hall–Kier alpha value is -2.89. The lowest BCUT2D eigenvalue weighted by molar-refractivity contribution is 0.180. The Morgan fingerprint density at radius 3 is 2.30 bits per heavy atom. The Bertz CT molecular complexity index is 800. The SMILES string of the molecule is CCNC(=O)N1CCc2cc(OC)ccc2C1c1cc(OC)cc(OC)c1. The standard InChI is InChI=1S/C21H26N2O4/c1-5-22-21(24)23-9-8-14-10-16(25-2)6-7-19(14)20(23)15-11-17(26-3)13-18(12-15)27-4/h6-7,10-13,20H,5,8-9H2,1-4H3,(H,22,24). The summed E-state index contributed by atoms with van der Waals surface area (Å²) in [5.41, 5.74) is 3.22. The molecule has 2 aromatic rings. The molecular formula is C21H26N2O4. The van der Waals surface area contributed by atoms with Crippen molar-refractivity contribution in [3.63, 3.8) is 0 Å². The molecule has 1 heterocycles. The lowest BCUT2D eigenvalue weighted by Gasteiger charge is -2.38. The lowest BCUT2D eigenvalue weighted by Crippen LogP contribution is -2.46. The minimum absolute atomic E-state index is 0.0780. The molecule has 1 unspecified atom stereocenters. The number of urea groups is 1. The zero-order valence-corrected chi connectivity index (χ0v) is 16.2. The lowest BCUT2D eigenvalue weighted by atomic mass is 9.88. The Morgan fingerprint density at radius 1 is 1.04 bits per heavy atom. The molecule has 1 aliphatic heterocycles. The average molecular weight is 370 g/mol. The van der Waals surface area contributed by atoms with Crippen molar-refractivity contribution in [3.05, 3.63) is 53.1 Å². The number of carbonyl (C=O) groups excluding carboxylic acids is 1. The van der Waals surface area contributed by atoms with Crippen LogP contribution in [0.3, 0.4) is 0 Å². The highest BCUT2D eigenvalue weighted by Crippen LogP contribution is 2.39.